The van der Waals surface area contributed by atoms with Crippen LogP contribution < -0.4 is 0 Å². The van der Waals surface area contributed by atoms with E-state index in [1.807, 2.05) is 18.2 Å². The number of halogens is 1. The molecule has 0 aromatic carbocycles. The Balaban J connectivity index is 1.87. The van der Waals surface area contributed by atoms with E-state index in [0.717, 1.165) is 10.9 Å². The highest BCUT2D eigenvalue weighted by Crippen LogP contribution is 2.37. The lowest BCUT2D eigenvalue weighted by molar-refractivity contribution is -0.137. The number of aliphatic hydroxyl groups excluding tert-OH is 3. The first-order chi connectivity index (χ1) is 14.2. The molecule has 1 aliphatic rings. The van der Waals surface area contributed by atoms with Crippen LogP contribution >= 0.6 is 27.3 Å². The third kappa shape index (κ3) is 7.31. The van der Waals surface area contributed by atoms with Crippen LogP contribution in [0.5, 0.6) is 0 Å². The molecule has 1 aromatic rings. The number of unbranched alkanes of at least 4 members (excludes halogenated alkanes) is 1. The smallest absolute Gasteiger partial charge is 0.303 e. The van der Waals surface area contributed by atoms with E-state index in [1.165, 1.54) is 15.3 Å². The monoisotopic (exact) mass is 500 g/mol. The lowest BCUT2D eigenvalue weighted by atomic mass is 9.89. The Morgan fingerprint density at radius 3 is 2.60 bits per heavy atom. The summed E-state index contributed by atoms with van der Waals surface area (Å²) in [4.78, 5) is 13.0. The Morgan fingerprint density at radius 1 is 1.23 bits per heavy atom. The lowest BCUT2D eigenvalue weighted by Crippen LogP contribution is -2.20. The molecule has 1 heterocycles. The molecule has 0 saturated heterocycles. The fourth-order valence-electron chi connectivity index (χ4n) is 4.08. The first kappa shape index (κ1) is 25.3. The van der Waals surface area contributed by atoms with Crippen LogP contribution in [0, 0.1) is 25.7 Å². The second-order valence-corrected chi connectivity index (χ2v) is 10.3. The Bertz CT molecular complexity index is 757. The molecule has 1 fully saturated rings. The number of carbonyl (C=O) groups is 1. The number of allylic oxidation sites excluding steroid dienone is 2. The molecule has 7 heteroatoms. The highest BCUT2D eigenvalue weighted by molar-refractivity contribution is 9.10. The fourth-order valence-corrected chi connectivity index (χ4v) is 5.95. The van der Waals surface area contributed by atoms with E-state index in [1.54, 1.807) is 17.4 Å². The molecule has 5 atom stereocenters. The largest absolute Gasteiger partial charge is 0.481 e. The molecule has 5 nitrogen and oxygen atoms in total. The number of carboxylic acid groups (broad SMARTS) is 1. The van der Waals surface area contributed by atoms with Gasteiger partial charge >= 0.3 is 5.97 Å². The van der Waals surface area contributed by atoms with Crippen molar-refractivity contribution in [1.82, 2.24) is 0 Å². The van der Waals surface area contributed by atoms with Gasteiger partial charge in [0.1, 0.15) is 0 Å². The van der Waals surface area contributed by atoms with Crippen LogP contribution in [0.4, 0.5) is 0 Å². The number of carboxylic acids is 1. The van der Waals surface area contributed by atoms with Crippen LogP contribution in [0.2, 0.25) is 0 Å². The molecule has 0 spiro atoms. The fraction of sp³-hybridized carbons (Fsp3) is 0.609. The van der Waals surface area contributed by atoms with E-state index in [-0.39, 0.29) is 18.3 Å². The van der Waals surface area contributed by atoms with Crippen LogP contribution in [0.3, 0.4) is 0 Å². The van der Waals surface area contributed by atoms with Crippen molar-refractivity contribution in [3.63, 3.8) is 0 Å². The van der Waals surface area contributed by atoms with Gasteiger partial charge in [0.2, 0.25) is 0 Å². The van der Waals surface area contributed by atoms with Crippen molar-refractivity contribution >= 4 is 33.2 Å². The van der Waals surface area contributed by atoms with Gasteiger partial charge in [0.25, 0.3) is 0 Å². The van der Waals surface area contributed by atoms with Gasteiger partial charge < -0.3 is 20.4 Å². The molecule has 168 valence electrons. The van der Waals surface area contributed by atoms with Gasteiger partial charge in [0.15, 0.2) is 0 Å². The number of aliphatic hydroxyl groups is 3. The summed E-state index contributed by atoms with van der Waals surface area (Å²) in [5.41, 5.74) is 1.24. The van der Waals surface area contributed by atoms with Crippen LogP contribution in [-0.2, 0) is 11.2 Å². The molecule has 4 N–H and O–H groups in total. The number of hydrogen-bond donors (Lipinski definition) is 4. The van der Waals surface area contributed by atoms with Gasteiger partial charge in [-0.25, -0.2) is 0 Å². The zero-order valence-electron chi connectivity index (χ0n) is 17.6. The second-order valence-electron chi connectivity index (χ2n) is 8.10. The molecule has 0 aliphatic heterocycles. The molecular formula is C23H33BrO5S. The van der Waals surface area contributed by atoms with Gasteiger partial charge in [-0.2, -0.15) is 0 Å². The quantitative estimate of drug-likeness (QED) is 0.264. The summed E-state index contributed by atoms with van der Waals surface area (Å²) in [5, 5.41) is 39.7. The maximum Gasteiger partial charge on any atom is 0.303 e. The number of aryl methyl sites for hydroxylation is 2. The van der Waals surface area contributed by atoms with E-state index in [0.29, 0.717) is 32.1 Å². The SMILES string of the molecule is Cc1sc(C)c(CCC(O)/C=C/[C@H]2C(O)CC(O)[C@@H]2C/C=C\CCCC(=O)O)c1Br. The van der Waals surface area contributed by atoms with E-state index >= 15 is 0 Å². The van der Waals surface area contributed by atoms with Crippen molar-refractivity contribution in [2.45, 2.75) is 77.1 Å². The van der Waals surface area contributed by atoms with Crippen LogP contribution in [0.15, 0.2) is 28.8 Å². The molecule has 1 aromatic heterocycles. The van der Waals surface area contributed by atoms with E-state index in [2.05, 4.69) is 29.8 Å². The van der Waals surface area contributed by atoms with E-state index in [4.69, 9.17) is 5.11 Å². The Hall–Kier alpha value is -0.990. The molecule has 1 saturated carbocycles. The molecule has 0 radical (unpaired) electrons. The molecule has 0 amide bonds. The zero-order chi connectivity index (χ0) is 22.3. The summed E-state index contributed by atoms with van der Waals surface area (Å²) >= 11 is 5.38. The summed E-state index contributed by atoms with van der Waals surface area (Å²) in [6.45, 7) is 4.17. The minimum Gasteiger partial charge on any atom is -0.481 e. The first-order valence-electron chi connectivity index (χ1n) is 10.5. The molecule has 30 heavy (non-hydrogen) atoms. The number of aliphatic carboxylic acids is 1. The minimum atomic E-state index is -0.793. The average Bonchev–Trinajstić information content (AvgIpc) is 3.08. The predicted molar refractivity (Wildman–Crippen MR) is 124 cm³/mol. The zero-order valence-corrected chi connectivity index (χ0v) is 20.0. The third-order valence-corrected chi connectivity index (χ3v) is 8.20. The van der Waals surface area contributed by atoms with Crippen molar-refractivity contribution in [2.75, 3.05) is 0 Å². The van der Waals surface area contributed by atoms with Gasteiger partial charge in [-0.3, -0.25) is 4.79 Å². The number of hydrogen-bond acceptors (Lipinski definition) is 5. The maximum atomic E-state index is 10.5. The topological polar surface area (TPSA) is 98.0 Å². The molecular weight excluding hydrogens is 468 g/mol. The van der Waals surface area contributed by atoms with Crippen LogP contribution in [-0.4, -0.2) is 44.7 Å². The normalized spacial score (nSPS) is 25.5. The van der Waals surface area contributed by atoms with E-state index < -0.39 is 24.3 Å². The summed E-state index contributed by atoms with van der Waals surface area (Å²) in [7, 11) is 0. The van der Waals surface area contributed by atoms with Crippen molar-refractivity contribution in [3.05, 3.63) is 44.1 Å². The Morgan fingerprint density at radius 2 is 1.97 bits per heavy atom. The lowest BCUT2D eigenvalue weighted by Gasteiger charge is -2.19. The molecule has 0 bridgehead atoms. The van der Waals surface area contributed by atoms with Gasteiger partial charge in [-0.1, -0.05) is 24.3 Å². The van der Waals surface area contributed by atoms with Crippen LogP contribution in [0.25, 0.3) is 0 Å². The molecule has 2 rings (SSSR count). The minimum absolute atomic E-state index is 0.102. The van der Waals surface area contributed by atoms with Crippen LogP contribution in [0.1, 0.15) is 53.8 Å². The van der Waals surface area contributed by atoms with Gasteiger partial charge in [0, 0.05) is 33.0 Å². The Labute approximate surface area is 191 Å². The average molecular weight is 501 g/mol. The van der Waals surface area contributed by atoms with Crippen molar-refractivity contribution in [1.29, 1.82) is 0 Å². The molecule has 3 unspecified atom stereocenters. The third-order valence-electron chi connectivity index (χ3n) is 5.80. The van der Waals surface area contributed by atoms with Crippen molar-refractivity contribution < 1.29 is 25.2 Å². The number of rotatable bonds is 11. The Kier molecular flexibility index (Phi) is 10.2. The second kappa shape index (κ2) is 12.2. The predicted octanol–water partition coefficient (Wildman–Crippen LogP) is 4.54. The summed E-state index contributed by atoms with van der Waals surface area (Å²) in [6, 6.07) is 0. The standard InChI is InChI=1S/C23H33BrO5S/c1-14-17(23(24)15(2)30-14)11-9-16(25)10-12-19-18(20(26)13-21(19)27)7-5-3-4-6-8-22(28)29/h3,5,10,12,16,18-21,25-27H,4,6-9,11,13H2,1-2H3,(H,28,29)/b5-3-,12-10+/t16?,18-,19-,20?,21?/m1/s1. The van der Waals surface area contributed by atoms with E-state index in [9.17, 15) is 20.1 Å². The summed E-state index contributed by atoms with van der Waals surface area (Å²) in [6.07, 6.45) is 9.48. The van der Waals surface area contributed by atoms with Crippen molar-refractivity contribution in [2.24, 2.45) is 11.8 Å². The maximum absolute atomic E-state index is 10.5. The van der Waals surface area contributed by atoms with Gasteiger partial charge in [-0.15, -0.1) is 11.3 Å². The molecule has 1 aliphatic carbocycles. The van der Waals surface area contributed by atoms with Gasteiger partial charge in [0.05, 0.1) is 18.3 Å². The highest BCUT2D eigenvalue weighted by atomic mass is 79.9. The highest BCUT2D eigenvalue weighted by Gasteiger charge is 2.39. The number of thiophene rings is 1. The first-order valence-corrected chi connectivity index (χ1v) is 12.1. The summed E-state index contributed by atoms with van der Waals surface area (Å²) < 4.78 is 1.13. The van der Waals surface area contributed by atoms with Gasteiger partial charge in [-0.05, 0) is 73.4 Å². The summed E-state index contributed by atoms with van der Waals surface area (Å²) in [5.74, 6) is -1.09. The van der Waals surface area contributed by atoms with Crippen molar-refractivity contribution in [3.8, 4) is 0 Å².